The van der Waals surface area contributed by atoms with Gasteiger partial charge in [-0.05, 0) is 54.1 Å². The van der Waals surface area contributed by atoms with E-state index in [2.05, 4.69) is 0 Å². The summed E-state index contributed by atoms with van der Waals surface area (Å²) in [5.74, 6) is -1.02. The first-order valence-corrected chi connectivity index (χ1v) is 11.7. The Balaban J connectivity index is 1.74. The zero-order valence-electron chi connectivity index (χ0n) is 18.6. The van der Waals surface area contributed by atoms with Crippen LogP contribution in [-0.2, 0) is 20.9 Å². The maximum Gasteiger partial charge on any atom is 0.326 e. The Morgan fingerprint density at radius 2 is 2.00 bits per heavy atom. The summed E-state index contributed by atoms with van der Waals surface area (Å²) in [6.45, 7) is 1.63. The maximum absolute atomic E-state index is 14.1. The molecule has 0 atom stereocenters. The Hall–Kier alpha value is -3.04. The lowest BCUT2D eigenvalue weighted by Gasteiger charge is -2.13. The first-order valence-electron chi connectivity index (χ1n) is 10.5. The number of nitrogens with zero attached hydrogens (tertiary/aromatic N) is 1. The van der Waals surface area contributed by atoms with Crippen molar-refractivity contribution in [3.8, 4) is 11.5 Å². The zero-order valence-corrected chi connectivity index (χ0v) is 20.2. The monoisotopic (exact) mass is 507 g/mol. The van der Waals surface area contributed by atoms with E-state index in [1.54, 1.807) is 24.3 Å². The quantitative estimate of drug-likeness (QED) is 0.240. The van der Waals surface area contributed by atoms with Crippen LogP contribution in [-0.4, -0.2) is 42.3 Å². The molecule has 0 bridgehead atoms. The second-order valence-electron chi connectivity index (χ2n) is 7.24. The Morgan fingerprint density at radius 3 is 2.71 bits per heavy atom. The van der Waals surface area contributed by atoms with Crippen molar-refractivity contribution in [3.05, 3.63) is 63.3 Å². The molecule has 2 aromatic carbocycles. The van der Waals surface area contributed by atoms with Gasteiger partial charge in [0.2, 0.25) is 0 Å². The minimum atomic E-state index is -0.635. The van der Waals surface area contributed by atoms with Crippen molar-refractivity contribution in [1.29, 1.82) is 0 Å². The van der Waals surface area contributed by atoms with Crippen LogP contribution in [0.2, 0.25) is 5.02 Å². The van der Waals surface area contributed by atoms with E-state index >= 15 is 0 Å². The number of carbonyl (C=O) groups excluding carboxylic acids is 3. The van der Waals surface area contributed by atoms with E-state index in [0.29, 0.717) is 23.5 Å². The van der Waals surface area contributed by atoms with E-state index in [9.17, 15) is 18.8 Å². The van der Waals surface area contributed by atoms with Crippen LogP contribution in [0.1, 0.15) is 30.9 Å². The molecule has 1 aliphatic rings. The van der Waals surface area contributed by atoms with Crippen molar-refractivity contribution in [3.63, 3.8) is 0 Å². The molecule has 0 unspecified atom stereocenters. The van der Waals surface area contributed by atoms with Gasteiger partial charge < -0.3 is 14.2 Å². The van der Waals surface area contributed by atoms with Gasteiger partial charge >= 0.3 is 5.97 Å². The molecule has 34 heavy (non-hydrogen) atoms. The van der Waals surface area contributed by atoms with Crippen LogP contribution in [0.5, 0.6) is 11.5 Å². The van der Waals surface area contributed by atoms with E-state index in [0.717, 1.165) is 23.1 Å². The molecule has 0 radical (unpaired) electrons. The predicted molar refractivity (Wildman–Crippen MR) is 127 cm³/mol. The number of benzene rings is 2. The number of hydrogen-bond donors (Lipinski definition) is 0. The highest BCUT2D eigenvalue weighted by atomic mass is 35.5. The molecule has 1 heterocycles. The van der Waals surface area contributed by atoms with Gasteiger partial charge in [0, 0.05) is 5.56 Å². The minimum Gasteiger partial charge on any atom is -0.493 e. The van der Waals surface area contributed by atoms with Crippen molar-refractivity contribution in [2.75, 3.05) is 20.3 Å². The van der Waals surface area contributed by atoms with E-state index < -0.39 is 29.5 Å². The molecule has 10 heteroatoms. The number of imide groups is 1. The molecule has 0 aliphatic carbocycles. The molecule has 180 valence electrons. The fourth-order valence-corrected chi connectivity index (χ4v) is 4.06. The fraction of sp³-hybridized carbons (Fsp3) is 0.292. The van der Waals surface area contributed by atoms with Gasteiger partial charge in [-0.15, -0.1) is 0 Å². The number of thioether (sulfide) groups is 1. The van der Waals surface area contributed by atoms with Gasteiger partial charge in [-0.1, -0.05) is 37.1 Å². The highest BCUT2D eigenvalue weighted by Crippen LogP contribution is 2.35. The molecule has 1 saturated heterocycles. The first kappa shape index (κ1) is 25.6. The third-order valence-corrected chi connectivity index (χ3v) is 6.10. The fourth-order valence-electron chi connectivity index (χ4n) is 3.01. The van der Waals surface area contributed by atoms with Crippen LogP contribution in [0.3, 0.4) is 0 Å². The van der Waals surface area contributed by atoms with Crippen molar-refractivity contribution in [2.45, 2.75) is 26.4 Å². The van der Waals surface area contributed by atoms with Crippen molar-refractivity contribution in [1.82, 2.24) is 4.90 Å². The highest BCUT2D eigenvalue weighted by Gasteiger charge is 2.36. The van der Waals surface area contributed by atoms with Gasteiger partial charge in [-0.2, -0.15) is 0 Å². The lowest BCUT2D eigenvalue weighted by molar-refractivity contribution is -0.146. The summed E-state index contributed by atoms with van der Waals surface area (Å²) >= 11 is 6.79. The topological polar surface area (TPSA) is 82.1 Å². The number of unbranched alkanes of at least 4 members (excludes halogenated alkanes) is 1. The number of amides is 2. The first-order chi connectivity index (χ1) is 16.3. The molecule has 2 aromatic rings. The van der Waals surface area contributed by atoms with Crippen LogP contribution in [0, 0.1) is 5.82 Å². The van der Waals surface area contributed by atoms with Crippen LogP contribution < -0.4 is 9.47 Å². The summed E-state index contributed by atoms with van der Waals surface area (Å²) in [6.07, 6.45) is 3.08. The molecule has 0 N–H and O–H groups in total. The van der Waals surface area contributed by atoms with Crippen molar-refractivity contribution < 1.29 is 33.0 Å². The number of carbonyl (C=O) groups is 3. The molecule has 0 saturated carbocycles. The molecule has 0 aromatic heterocycles. The maximum atomic E-state index is 14.1. The number of esters is 1. The normalized spacial score (nSPS) is 14.6. The summed E-state index contributed by atoms with van der Waals surface area (Å²) in [5.41, 5.74) is 0.745. The predicted octanol–water partition coefficient (Wildman–Crippen LogP) is 5.45. The molecule has 1 fully saturated rings. The smallest absolute Gasteiger partial charge is 0.326 e. The lowest BCUT2D eigenvalue weighted by atomic mass is 10.1. The third kappa shape index (κ3) is 6.30. The average molecular weight is 508 g/mol. The number of methoxy groups -OCH3 is 1. The number of hydrogen-bond acceptors (Lipinski definition) is 7. The van der Waals surface area contributed by atoms with Gasteiger partial charge in [0.1, 0.15) is 19.0 Å². The third-order valence-electron chi connectivity index (χ3n) is 4.84. The van der Waals surface area contributed by atoms with Crippen LogP contribution in [0.15, 0.2) is 41.3 Å². The largest absolute Gasteiger partial charge is 0.493 e. The number of halogens is 2. The number of ether oxygens (including phenoxy) is 3. The van der Waals surface area contributed by atoms with Gasteiger partial charge in [0.25, 0.3) is 11.1 Å². The average Bonchev–Trinajstić information content (AvgIpc) is 3.06. The Bertz CT molecular complexity index is 1100. The van der Waals surface area contributed by atoms with E-state index in [1.807, 2.05) is 6.92 Å². The van der Waals surface area contributed by atoms with E-state index in [4.69, 9.17) is 25.8 Å². The lowest BCUT2D eigenvalue weighted by Crippen LogP contribution is -2.34. The Labute approximate surface area is 205 Å². The van der Waals surface area contributed by atoms with Gasteiger partial charge in [0.05, 0.1) is 23.6 Å². The van der Waals surface area contributed by atoms with Gasteiger partial charge in [0.15, 0.2) is 11.5 Å². The molecular formula is C24H23ClFNO6S. The molecular weight excluding hydrogens is 485 g/mol. The van der Waals surface area contributed by atoms with Gasteiger partial charge in [-0.25, -0.2) is 4.39 Å². The zero-order chi connectivity index (χ0) is 24.7. The van der Waals surface area contributed by atoms with Gasteiger partial charge in [-0.3, -0.25) is 19.3 Å². The second-order valence-corrected chi connectivity index (χ2v) is 8.64. The Kier molecular flexibility index (Phi) is 8.95. The minimum absolute atomic E-state index is 0.137. The second kappa shape index (κ2) is 11.9. The van der Waals surface area contributed by atoms with Crippen LogP contribution in [0.4, 0.5) is 9.18 Å². The van der Waals surface area contributed by atoms with E-state index in [1.165, 1.54) is 25.3 Å². The molecule has 3 rings (SSSR count). The van der Waals surface area contributed by atoms with E-state index in [-0.39, 0.29) is 28.7 Å². The Morgan fingerprint density at radius 1 is 1.21 bits per heavy atom. The summed E-state index contributed by atoms with van der Waals surface area (Å²) in [7, 11) is 1.46. The standard InChI is InChI=1S/C24H23ClFNO6S/c1-3-4-10-32-22(28)13-27-23(29)21(34-24(27)30)12-15-8-9-19(31-2)20(11-15)33-14-16-17(25)6-5-7-18(16)26/h5-9,11-12H,3-4,10,13-14H2,1-2H3/b21-12+. The summed E-state index contributed by atoms with van der Waals surface area (Å²) in [4.78, 5) is 37.9. The van der Waals surface area contributed by atoms with Crippen molar-refractivity contribution in [2.24, 2.45) is 0 Å². The molecule has 2 amide bonds. The molecule has 7 nitrogen and oxygen atoms in total. The number of rotatable bonds is 10. The van der Waals surface area contributed by atoms with Crippen LogP contribution >= 0.6 is 23.4 Å². The summed E-state index contributed by atoms with van der Waals surface area (Å²) in [6, 6.07) is 9.25. The van der Waals surface area contributed by atoms with Crippen molar-refractivity contribution >= 4 is 46.6 Å². The summed E-state index contributed by atoms with van der Waals surface area (Å²) < 4.78 is 30.1. The highest BCUT2D eigenvalue weighted by molar-refractivity contribution is 8.18. The molecule has 1 aliphatic heterocycles. The SMILES string of the molecule is CCCCOC(=O)CN1C(=O)S/C(=C/c2ccc(OC)c(OCc3c(F)cccc3Cl)c2)C1=O. The summed E-state index contributed by atoms with van der Waals surface area (Å²) in [5, 5.41) is -0.320. The van der Waals surface area contributed by atoms with Crippen LogP contribution in [0.25, 0.3) is 6.08 Å². The molecule has 0 spiro atoms.